The number of hydrogen-bond acceptors (Lipinski definition) is 3. The quantitative estimate of drug-likeness (QED) is 0.380. The Kier molecular flexibility index (Phi) is 13.5. The molecule has 32 heavy (non-hydrogen) atoms. The van der Waals surface area contributed by atoms with Crippen LogP contribution in [0.25, 0.3) is 0 Å². The lowest BCUT2D eigenvalue weighted by atomic mass is 9.67. The predicted molar refractivity (Wildman–Crippen MR) is 138 cm³/mol. The SMILES string of the molecule is CC1NCCCCCCOCCCCCCC=CCCCCC2CCCC(C)(O2)C1(C)C. The van der Waals surface area contributed by atoms with Crippen molar-refractivity contribution in [2.24, 2.45) is 5.41 Å². The van der Waals surface area contributed by atoms with E-state index < -0.39 is 0 Å². The minimum atomic E-state index is -0.0359. The maximum Gasteiger partial charge on any atom is 0.0723 e. The second-order valence-electron chi connectivity index (χ2n) is 11.2. The zero-order chi connectivity index (χ0) is 23.1. The van der Waals surface area contributed by atoms with Crippen LogP contribution in [0.5, 0.6) is 0 Å². The van der Waals surface area contributed by atoms with Crippen molar-refractivity contribution in [3.63, 3.8) is 0 Å². The van der Waals surface area contributed by atoms with Crippen LogP contribution in [0.15, 0.2) is 12.2 Å². The Morgan fingerprint density at radius 1 is 0.719 bits per heavy atom. The third-order valence-corrected chi connectivity index (χ3v) is 8.44. The first kappa shape index (κ1) is 27.9. The van der Waals surface area contributed by atoms with Gasteiger partial charge in [0.25, 0.3) is 0 Å². The number of hydrogen-bond donors (Lipinski definition) is 1. The molecule has 1 fully saturated rings. The van der Waals surface area contributed by atoms with Gasteiger partial charge >= 0.3 is 0 Å². The van der Waals surface area contributed by atoms with Crippen LogP contribution in [-0.2, 0) is 9.47 Å². The summed E-state index contributed by atoms with van der Waals surface area (Å²) < 4.78 is 12.7. The van der Waals surface area contributed by atoms with Gasteiger partial charge < -0.3 is 14.8 Å². The molecule has 0 saturated carbocycles. The molecular weight excluding hydrogens is 394 g/mol. The molecule has 0 spiro atoms. The standard InChI is InChI=1S/C29H55NO2/c1-26-28(2,3)29(4)22-19-21-27(32-29)20-15-11-9-7-5-6-8-10-13-17-24-31-25-18-14-12-16-23-30-26/h5,7,26-27,30H,6,8-25H2,1-4H3. The summed E-state index contributed by atoms with van der Waals surface area (Å²) in [5, 5.41) is 3.84. The lowest BCUT2D eigenvalue weighted by Gasteiger charge is -2.52. The van der Waals surface area contributed by atoms with Gasteiger partial charge in [-0.25, -0.2) is 0 Å². The Hall–Kier alpha value is -0.380. The summed E-state index contributed by atoms with van der Waals surface area (Å²) in [5.41, 5.74) is 0.0837. The van der Waals surface area contributed by atoms with E-state index in [-0.39, 0.29) is 11.0 Å². The normalized spacial score (nSPS) is 33.6. The van der Waals surface area contributed by atoms with Crippen molar-refractivity contribution in [1.29, 1.82) is 0 Å². The molecule has 3 unspecified atom stereocenters. The maximum atomic E-state index is 6.84. The molecular formula is C29H55NO2. The lowest BCUT2D eigenvalue weighted by Crippen LogP contribution is -2.57. The molecule has 1 N–H and O–H groups in total. The molecule has 188 valence electrons. The van der Waals surface area contributed by atoms with Crippen molar-refractivity contribution in [3.8, 4) is 0 Å². The molecule has 0 amide bonds. The fourth-order valence-electron chi connectivity index (χ4n) is 5.34. The molecule has 2 rings (SSSR count). The molecule has 3 atom stereocenters. The molecule has 2 heterocycles. The van der Waals surface area contributed by atoms with Gasteiger partial charge in [-0.2, -0.15) is 0 Å². The van der Waals surface area contributed by atoms with Gasteiger partial charge in [0.2, 0.25) is 0 Å². The summed E-state index contributed by atoms with van der Waals surface area (Å²) in [6.45, 7) is 12.6. The molecule has 0 aromatic rings. The Balaban J connectivity index is 1.84. The minimum absolute atomic E-state index is 0.0359. The Morgan fingerprint density at radius 2 is 1.31 bits per heavy atom. The minimum Gasteiger partial charge on any atom is -0.381 e. The van der Waals surface area contributed by atoms with E-state index in [0.717, 1.165) is 19.8 Å². The highest BCUT2D eigenvalue weighted by Gasteiger charge is 2.48. The second kappa shape index (κ2) is 15.5. The average Bonchev–Trinajstić information content (AvgIpc) is 2.77. The van der Waals surface area contributed by atoms with Crippen molar-refractivity contribution in [2.45, 2.75) is 148 Å². The highest BCUT2D eigenvalue weighted by Crippen LogP contribution is 2.45. The lowest BCUT2D eigenvalue weighted by molar-refractivity contribution is -0.185. The van der Waals surface area contributed by atoms with Crippen molar-refractivity contribution in [2.75, 3.05) is 19.8 Å². The number of nitrogens with one attached hydrogen (secondary N) is 1. The number of allylic oxidation sites excluding steroid dienone is 2. The first-order valence-corrected chi connectivity index (χ1v) is 14.1. The van der Waals surface area contributed by atoms with Gasteiger partial charge in [-0.1, -0.05) is 58.1 Å². The number of ether oxygens (including phenoxy) is 2. The van der Waals surface area contributed by atoms with Crippen LogP contribution in [-0.4, -0.2) is 37.5 Å². The van der Waals surface area contributed by atoms with Crippen LogP contribution in [0.3, 0.4) is 0 Å². The second-order valence-corrected chi connectivity index (χ2v) is 11.2. The first-order valence-electron chi connectivity index (χ1n) is 14.1. The summed E-state index contributed by atoms with van der Waals surface area (Å²) >= 11 is 0. The van der Waals surface area contributed by atoms with Gasteiger partial charge in [-0.15, -0.1) is 0 Å². The molecule has 2 aliphatic rings. The van der Waals surface area contributed by atoms with E-state index >= 15 is 0 Å². The van der Waals surface area contributed by atoms with Crippen molar-refractivity contribution < 1.29 is 9.47 Å². The summed E-state index contributed by atoms with van der Waals surface area (Å²) in [5.74, 6) is 0. The third kappa shape index (κ3) is 9.85. The summed E-state index contributed by atoms with van der Waals surface area (Å²) in [6.07, 6.45) is 25.5. The average molecular weight is 450 g/mol. The van der Waals surface area contributed by atoms with Crippen LogP contribution < -0.4 is 5.32 Å². The highest BCUT2D eigenvalue weighted by molar-refractivity contribution is 5.00. The van der Waals surface area contributed by atoms with Gasteiger partial charge in [0.1, 0.15) is 0 Å². The van der Waals surface area contributed by atoms with Crippen LogP contribution in [0.4, 0.5) is 0 Å². The van der Waals surface area contributed by atoms with Crippen molar-refractivity contribution in [3.05, 3.63) is 12.2 Å². The van der Waals surface area contributed by atoms with Crippen LogP contribution in [0, 0.1) is 5.41 Å². The highest BCUT2D eigenvalue weighted by atomic mass is 16.5. The Bertz CT molecular complexity index is 503. The molecule has 0 aromatic carbocycles. The van der Waals surface area contributed by atoms with Gasteiger partial charge in [-0.3, -0.25) is 0 Å². The fourth-order valence-corrected chi connectivity index (χ4v) is 5.34. The van der Waals surface area contributed by atoms with Crippen molar-refractivity contribution in [1.82, 2.24) is 5.32 Å². The zero-order valence-electron chi connectivity index (χ0n) is 22.1. The summed E-state index contributed by atoms with van der Waals surface area (Å²) in [4.78, 5) is 0. The maximum absolute atomic E-state index is 6.84. The molecule has 1 saturated heterocycles. The van der Waals surface area contributed by atoms with E-state index in [9.17, 15) is 0 Å². The third-order valence-electron chi connectivity index (χ3n) is 8.44. The van der Waals surface area contributed by atoms with Crippen LogP contribution in [0.1, 0.15) is 130 Å². The van der Waals surface area contributed by atoms with Gasteiger partial charge in [0, 0.05) is 24.7 Å². The monoisotopic (exact) mass is 449 g/mol. The van der Waals surface area contributed by atoms with Gasteiger partial charge in [-0.05, 0) is 91.0 Å². The van der Waals surface area contributed by atoms with Crippen LogP contribution >= 0.6 is 0 Å². The smallest absolute Gasteiger partial charge is 0.0723 e. The van der Waals surface area contributed by atoms with Crippen LogP contribution in [0.2, 0.25) is 0 Å². The van der Waals surface area contributed by atoms with Crippen molar-refractivity contribution >= 4 is 0 Å². The van der Waals surface area contributed by atoms with E-state index in [2.05, 4.69) is 45.2 Å². The topological polar surface area (TPSA) is 30.5 Å². The molecule has 3 heteroatoms. The Morgan fingerprint density at radius 3 is 2.03 bits per heavy atom. The predicted octanol–water partition coefficient (Wildman–Crippen LogP) is 7.98. The van der Waals surface area contributed by atoms with E-state index in [4.69, 9.17) is 9.47 Å². The molecule has 2 aliphatic heterocycles. The Labute approximate surface area is 200 Å². The zero-order valence-corrected chi connectivity index (χ0v) is 22.1. The molecule has 2 bridgehead atoms. The first-order chi connectivity index (χ1) is 15.5. The van der Waals surface area contributed by atoms with E-state index in [1.165, 1.54) is 103 Å². The molecule has 0 radical (unpaired) electrons. The molecule has 0 aromatic heterocycles. The largest absolute Gasteiger partial charge is 0.381 e. The summed E-state index contributed by atoms with van der Waals surface area (Å²) in [7, 11) is 0. The van der Waals surface area contributed by atoms with E-state index in [0.29, 0.717) is 12.1 Å². The molecule has 0 aliphatic carbocycles. The van der Waals surface area contributed by atoms with Gasteiger partial charge in [0.15, 0.2) is 0 Å². The molecule has 3 nitrogen and oxygen atoms in total. The van der Waals surface area contributed by atoms with E-state index in [1.54, 1.807) is 0 Å². The summed E-state index contributed by atoms with van der Waals surface area (Å²) in [6, 6.07) is 0.453. The number of fused-ring (bicyclic) bond motifs is 2. The fraction of sp³-hybridized carbons (Fsp3) is 0.931. The van der Waals surface area contributed by atoms with Gasteiger partial charge in [0.05, 0.1) is 11.7 Å². The van der Waals surface area contributed by atoms with E-state index in [1.807, 2.05) is 0 Å². The number of rotatable bonds is 0.